The fraction of sp³-hybridized carbons (Fsp3) is 0.846. The monoisotopic (exact) mass is 253 g/mol. The van der Waals surface area contributed by atoms with Crippen LogP contribution < -0.4 is 0 Å². The molecule has 18 heavy (non-hydrogen) atoms. The summed E-state index contributed by atoms with van der Waals surface area (Å²) in [5.41, 5.74) is 0. The topological polar surface area (TPSA) is 77.8 Å². The normalized spacial score (nSPS) is 38.8. The number of hydrogen-bond donors (Lipinski definition) is 2. The summed E-state index contributed by atoms with van der Waals surface area (Å²) in [5, 5.41) is 18.6. The van der Waals surface area contributed by atoms with Crippen LogP contribution in [0.4, 0.5) is 4.79 Å². The molecule has 0 spiro atoms. The number of piperidine rings is 2. The summed E-state index contributed by atoms with van der Waals surface area (Å²) >= 11 is 0. The van der Waals surface area contributed by atoms with E-state index in [1.165, 1.54) is 17.7 Å². The fourth-order valence-electron chi connectivity index (χ4n) is 3.99. The van der Waals surface area contributed by atoms with Gasteiger partial charge in [-0.25, -0.2) is 9.59 Å². The maximum absolute atomic E-state index is 11.4. The lowest BCUT2D eigenvalue weighted by Crippen LogP contribution is -2.63. The van der Waals surface area contributed by atoms with Gasteiger partial charge in [-0.1, -0.05) is 12.8 Å². The van der Waals surface area contributed by atoms with Crippen molar-refractivity contribution in [2.75, 3.05) is 0 Å². The number of amides is 1. The minimum atomic E-state index is -1.06. The van der Waals surface area contributed by atoms with Crippen LogP contribution in [-0.4, -0.2) is 39.3 Å². The molecule has 4 atom stereocenters. The smallest absolute Gasteiger partial charge is 0.408 e. The van der Waals surface area contributed by atoms with Crippen molar-refractivity contribution in [3.8, 4) is 0 Å². The van der Waals surface area contributed by atoms with Crippen molar-refractivity contribution < 1.29 is 19.8 Å². The summed E-state index contributed by atoms with van der Waals surface area (Å²) in [6, 6.07) is -0.870. The molecule has 2 aliphatic heterocycles. The van der Waals surface area contributed by atoms with E-state index in [1.807, 2.05) is 0 Å². The molecule has 4 fully saturated rings. The number of aliphatic carboxylic acids is 1. The summed E-state index contributed by atoms with van der Waals surface area (Å²) < 4.78 is 0. The molecule has 2 heterocycles. The third-order valence-corrected chi connectivity index (χ3v) is 4.89. The first-order chi connectivity index (χ1) is 8.58. The molecule has 0 unspecified atom stereocenters. The highest BCUT2D eigenvalue weighted by Gasteiger charge is 2.52. The lowest BCUT2D eigenvalue weighted by atomic mass is 9.67. The van der Waals surface area contributed by atoms with E-state index < -0.39 is 18.1 Å². The first-order valence-corrected chi connectivity index (χ1v) is 6.82. The molecule has 5 nitrogen and oxygen atoms in total. The Bertz CT molecular complexity index is 379. The molecule has 0 aromatic carbocycles. The molecule has 2 saturated carbocycles. The van der Waals surface area contributed by atoms with Gasteiger partial charge in [-0.15, -0.1) is 0 Å². The molecule has 100 valence electrons. The maximum atomic E-state index is 11.4. The zero-order valence-electron chi connectivity index (χ0n) is 10.3. The molecule has 4 rings (SSSR count). The number of carboxylic acids is 1. The lowest BCUT2D eigenvalue weighted by molar-refractivity contribution is -0.153. The van der Waals surface area contributed by atoms with Crippen LogP contribution in [0.1, 0.15) is 38.5 Å². The van der Waals surface area contributed by atoms with Gasteiger partial charge in [0.2, 0.25) is 0 Å². The number of rotatable bonds is 3. The summed E-state index contributed by atoms with van der Waals surface area (Å²) in [7, 11) is 0. The van der Waals surface area contributed by atoms with Crippen LogP contribution in [0.2, 0.25) is 0 Å². The molecule has 4 aliphatic rings. The van der Waals surface area contributed by atoms with E-state index in [0.717, 1.165) is 31.6 Å². The Labute approximate surface area is 106 Å². The summed E-state index contributed by atoms with van der Waals surface area (Å²) in [4.78, 5) is 23.9. The van der Waals surface area contributed by atoms with E-state index in [-0.39, 0.29) is 12.0 Å². The number of nitrogens with zero attached hydrogens (tertiary/aromatic N) is 1. The molecule has 0 aromatic rings. The van der Waals surface area contributed by atoms with Crippen LogP contribution in [0.5, 0.6) is 0 Å². The van der Waals surface area contributed by atoms with Gasteiger partial charge >= 0.3 is 12.1 Å². The highest BCUT2D eigenvalue weighted by molar-refractivity contribution is 5.80. The molecule has 0 radical (unpaired) electrons. The van der Waals surface area contributed by atoms with Crippen LogP contribution in [-0.2, 0) is 4.79 Å². The minimum absolute atomic E-state index is 0.0207. The van der Waals surface area contributed by atoms with E-state index in [0.29, 0.717) is 5.92 Å². The molecule has 2 N–H and O–H groups in total. The summed E-state index contributed by atoms with van der Waals surface area (Å²) in [6.45, 7) is 0. The molecule has 2 aliphatic carbocycles. The van der Waals surface area contributed by atoms with Crippen molar-refractivity contribution >= 4 is 12.1 Å². The average molecular weight is 253 g/mol. The Morgan fingerprint density at radius 2 is 1.83 bits per heavy atom. The Morgan fingerprint density at radius 3 is 2.39 bits per heavy atom. The highest BCUT2D eigenvalue weighted by Crippen LogP contribution is 2.48. The molecule has 0 aromatic heterocycles. The van der Waals surface area contributed by atoms with E-state index in [4.69, 9.17) is 0 Å². The average Bonchev–Trinajstić information content (AvgIpc) is 3.12. The largest absolute Gasteiger partial charge is 0.480 e. The van der Waals surface area contributed by atoms with Crippen molar-refractivity contribution in [1.29, 1.82) is 0 Å². The number of hydrogen-bond acceptors (Lipinski definition) is 2. The molecule has 1 amide bonds. The number of carboxylic acid groups (broad SMARTS) is 2. The summed E-state index contributed by atoms with van der Waals surface area (Å²) in [6.07, 6.45) is 5.19. The van der Waals surface area contributed by atoms with Crippen molar-refractivity contribution in [3.05, 3.63) is 0 Å². The van der Waals surface area contributed by atoms with Crippen LogP contribution in [0, 0.1) is 17.8 Å². The molecule has 2 saturated heterocycles. The van der Waals surface area contributed by atoms with Crippen LogP contribution >= 0.6 is 0 Å². The highest BCUT2D eigenvalue weighted by atomic mass is 16.4. The lowest BCUT2D eigenvalue weighted by Gasteiger charge is -2.52. The van der Waals surface area contributed by atoms with Gasteiger partial charge in [0.15, 0.2) is 0 Å². The second-order valence-corrected chi connectivity index (χ2v) is 6.05. The number of carbonyl (C=O) groups is 2. The third-order valence-electron chi connectivity index (χ3n) is 4.89. The van der Waals surface area contributed by atoms with Gasteiger partial charge in [-0.05, 0) is 43.4 Å². The first-order valence-electron chi connectivity index (χ1n) is 6.82. The Kier molecular flexibility index (Phi) is 2.72. The Hall–Kier alpha value is -1.26. The Morgan fingerprint density at radius 1 is 1.11 bits per heavy atom. The van der Waals surface area contributed by atoms with Crippen molar-refractivity contribution in [2.24, 2.45) is 17.8 Å². The van der Waals surface area contributed by atoms with Gasteiger partial charge in [0.25, 0.3) is 0 Å². The SMILES string of the molecule is O=C(O)[C@@H]1[C@@H]2CC[C@@H]([C@H](CC3CC3)C2)N1C(=O)O. The van der Waals surface area contributed by atoms with E-state index in [9.17, 15) is 19.8 Å². The van der Waals surface area contributed by atoms with Gasteiger partial charge in [-0.3, -0.25) is 4.90 Å². The zero-order chi connectivity index (χ0) is 12.9. The van der Waals surface area contributed by atoms with Crippen molar-refractivity contribution in [3.63, 3.8) is 0 Å². The van der Waals surface area contributed by atoms with Gasteiger partial charge in [0.05, 0.1) is 0 Å². The fourth-order valence-corrected chi connectivity index (χ4v) is 3.99. The summed E-state index contributed by atoms with van der Waals surface area (Å²) in [5.74, 6) is 0.209. The quantitative estimate of drug-likeness (QED) is 0.806. The third kappa shape index (κ3) is 1.85. The molecule has 5 heteroatoms. The minimum Gasteiger partial charge on any atom is -0.480 e. The Balaban J connectivity index is 1.82. The second kappa shape index (κ2) is 4.14. The van der Waals surface area contributed by atoms with Crippen LogP contribution in [0.3, 0.4) is 0 Å². The maximum Gasteiger partial charge on any atom is 0.408 e. The first kappa shape index (κ1) is 11.8. The predicted octanol–water partition coefficient (Wildman–Crippen LogP) is 2.02. The molecular formula is C13H19NO4. The predicted molar refractivity (Wildman–Crippen MR) is 63.2 cm³/mol. The zero-order valence-corrected chi connectivity index (χ0v) is 10.3. The van der Waals surface area contributed by atoms with Crippen molar-refractivity contribution in [1.82, 2.24) is 4.90 Å². The van der Waals surface area contributed by atoms with E-state index in [2.05, 4.69) is 0 Å². The van der Waals surface area contributed by atoms with Gasteiger partial charge < -0.3 is 10.2 Å². The van der Waals surface area contributed by atoms with E-state index >= 15 is 0 Å². The van der Waals surface area contributed by atoms with E-state index in [1.54, 1.807) is 0 Å². The molecular weight excluding hydrogens is 234 g/mol. The van der Waals surface area contributed by atoms with Gasteiger partial charge in [0.1, 0.15) is 6.04 Å². The van der Waals surface area contributed by atoms with Gasteiger partial charge in [0, 0.05) is 6.04 Å². The standard InChI is InChI=1S/C13H19NO4/c15-12(16)11-8-3-4-10(14(11)13(17)18)9(6-8)5-7-1-2-7/h7-11H,1-6H2,(H,15,16)(H,17,18)/t8-,9-,10+,11+/m1/s1. The second-order valence-electron chi connectivity index (χ2n) is 6.05. The van der Waals surface area contributed by atoms with Gasteiger partial charge in [-0.2, -0.15) is 0 Å². The van der Waals surface area contributed by atoms with Crippen molar-refractivity contribution in [2.45, 2.75) is 50.6 Å². The van der Waals surface area contributed by atoms with Crippen LogP contribution in [0.25, 0.3) is 0 Å². The molecule has 2 bridgehead atoms. The van der Waals surface area contributed by atoms with Crippen LogP contribution in [0.15, 0.2) is 0 Å². The number of fused-ring (bicyclic) bond motifs is 3.